The molecule has 84 valence electrons. The second-order valence-electron chi connectivity index (χ2n) is 3.12. The van der Waals surface area contributed by atoms with Crippen molar-refractivity contribution < 1.29 is 13.2 Å². The largest absolute Gasteiger partial charge is 0.297 e. The van der Waals surface area contributed by atoms with Gasteiger partial charge in [-0.3, -0.25) is 4.79 Å². The molecule has 16 heavy (non-hydrogen) atoms. The molecule has 4 nitrogen and oxygen atoms in total. The summed E-state index contributed by atoms with van der Waals surface area (Å²) in [6, 6.07) is 6.81. The highest BCUT2D eigenvalue weighted by Crippen LogP contribution is 2.19. The molecule has 1 aromatic carbocycles. The summed E-state index contributed by atoms with van der Waals surface area (Å²) in [5.41, 5.74) is 0. The van der Waals surface area contributed by atoms with Crippen LogP contribution in [0, 0.1) is 11.3 Å². The zero-order valence-corrected chi connectivity index (χ0v) is 9.92. The second kappa shape index (κ2) is 4.64. The number of hydrogen-bond donors (Lipinski definition) is 0. The molecule has 0 spiro atoms. The number of nitriles is 1. The maximum Gasteiger partial charge on any atom is 0.210 e. The fourth-order valence-corrected chi connectivity index (χ4v) is 2.63. The van der Waals surface area contributed by atoms with Gasteiger partial charge in [0.05, 0.1) is 11.0 Å². The first-order chi connectivity index (χ1) is 7.39. The lowest BCUT2D eigenvalue weighted by molar-refractivity contribution is -0.115. The summed E-state index contributed by atoms with van der Waals surface area (Å²) in [4.78, 5) is 10.9. The van der Waals surface area contributed by atoms with Crippen LogP contribution in [0.5, 0.6) is 0 Å². The van der Waals surface area contributed by atoms with E-state index in [1.165, 1.54) is 30.3 Å². The summed E-state index contributed by atoms with van der Waals surface area (Å²) in [5, 5.41) is 7.40. The van der Waals surface area contributed by atoms with Crippen LogP contribution in [0.2, 0.25) is 5.02 Å². The van der Waals surface area contributed by atoms with E-state index in [1.54, 1.807) is 0 Å². The van der Waals surface area contributed by atoms with Crippen molar-refractivity contribution in [1.29, 1.82) is 5.26 Å². The van der Waals surface area contributed by atoms with E-state index >= 15 is 0 Å². The van der Waals surface area contributed by atoms with Gasteiger partial charge >= 0.3 is 0 Å². The average Bonchev–Trinajstić information content (AvgIpc) is 2.18. The Morgan fingerprint density at radius 2 is 1.88 bits per heavy atom. The molecule has 1 rings (SSSR count). The maximum absolute atomic E-state index is 11.8. The van der Waals surface area contributed by atoms with Gasteiger partial charge in [-0.1, -0.05) is 11.6 Å². The molecule has 0 aliphatic heterocycles. The molecule has 1 unspecified atom stereocenters. The van der Waals surface area contributed by atoms with E-state index in [9.17, 15) is 13.2 Å². The summed E-state index contributed by atoms with van der Waals surface area (Å²) >= 11 is 5.61. The van der Waals surface area contributed by atoms with Crippen molar-refractivity contribution >= 4 is 27.2 Å². The van der Waals surface area contributed by atoms with Crippen molar-refractivity contribution in [2.45, 2.75) is 17.1 Å². The third-order valence-electron chi connectivity index (χ3n) is 1.94. The van der Waals surface area contributed by atoms with Crippen LogP contribution in [0.1, 0.15) is 6.92 Å². The minimum absolute atomic E-state index is 0.0846. The first-order valence-corrected chi connectivity index (χ1v) is 6.21. The van der Waals surface area contributed by atoms with E-state index in [1.807, 2.05) is 0 Å². The Morgan fingerprint density at radius 1 is 1.38 bits per heavy atom. The van der Waals surface area contributed by atoms with Gasteiger partial charge in [0, 0.05) is 5.02 Å². The number of benzene rings is 1. The van der Waals surface area contributed by atoms with Gasteiger partial charge < -0.3 is 0 Å². The van der Waals surface area contributed by atoms with Gasteiger partial charge in [-0.15, -0.1) is 0 Å². The van der Waals surface area contributed by atoms with Crippen molar-refractivity contribution in [2.75, 3.05) is 0 Å². The smallest absolute Gasteiger partial charge is 0.210 e. The van der Waals surface area contributed by atoms with E-state index in [4.69, 9.17) is 16.9 Å². The topological polar surface area (TPSA) is 75.0 Å². The molecule has 0 fully saturated rings. The van der Waals surface area contributed by atoms with Crippen LogP contribution in [0.15, 0.2) is 29.2 Å². The monoisotopic (exact) mass is 257 g/mol. The first kappa shape index (κ1) is 12.7. The van der Waals surface area contributed by atoms with E-state index in [0.717, 1.165) is 6.92 Å². The minimum Gasteiger partial charge on any atom is -0.297 e. The predicted octanol–water partition coefficient (Wildman–Crippen LogP) is 1.59. The molecule has 1 atom stereocenters. The average molecular weight is 258 g/mol. The highest BCUT2D eigenvalue weighted by Gasteiger charge is 2.31. The van der Waals surface area contributed by atoms with Gasteiger partial charge in [0.15, 0.2) is 5.78 Å². The molecule has 0 radical (unpaired) electrons. The van der Waals surface area contributed by atoms with Gasteiger partial charge in [-0.05, 0) is 31.2 Å². The van der Waals surface area contributed by atoms with Gasteiger partial charge in [0.25, 0.3) is 0 Å². The molecule has 0 N–H and O–H groups in total. The number of hydrogen-bond acceptors (Lipinski definition) is 4. The number of carbonyl (C=O) groups is 1. The van der Waals surface area contributed by atoms with Crippen LogP contribution in [-0.2, 0) is 14.6 Å². The standard InChI is InChI=1S/C10H8ClNO3S/c1-7(13)10(6-12)16(14,15)9-4-2-8(11)3-5-9/h2-5,10H,1H3. The molecule has 0 aliphatic carbocycles. The number of carbonyl (C=O) groups excluding carboxylic acids is 1. The molecule has 0 bridgehead atoms. The molecule has 6 heteroatoms. The molecule has 0 heterocycles. The molecule has 0 aliphatic rings. The molecular formula is C10H8ClNO3S. The highest BCUT2D eigenvalue weighted by atomic mass is 35.5. The summed E-state index contributed by atoms with van der Waals surface area (Å²) in [5.74, 6) is -0.697. The van der Waals surface area contributed by atoms with E-state index in [-0.39, 0.29) is 4.90 Å². The number of sulfone groups is 1. The Kier molecular flexibility index (Phi) is 3.68. The van der Waals surface area contributed by atoms with Crippen molar-refractivity contribution in [3.8, 4) is 6.07 Å². The number of Topliss-reactive ketones (excluding diaryl/α,β-unsaturated/α-hetero) is 1. The van der Waals surface area contributed by atoms with E-state index in [0.29, 0.717) is 5.02 Å². The van der Waals surface area contributed by atoms with Crippen LogP contribution >= 0.6 is 11.6 Å². The van der Waals surface area contributed by atoms with Gasteiger partial charge in [-0.2, -0.15) is 5.26 Å². The highest BCUT2D eigenvalue weighted by molar-refractivity contribution is 7.93. The lowest BCUT2D eigenvalue weighted by Gasteiger charge is -2.07. The van der Waals surface area contributed by atoms with Crippen LogP contribution in [0.4, 0.5) is 0 Å². The molecule has 0 saturated heterocycles. The van der Waals surface area contributed by atoms with Crippen molar-refractivity contribution in [3.63, 3.8) is 0 Å². The van der Waals surface area contributed by atoms with Gasteiger partial charge in [-0.25, -0.2) is 8.42 Å². The summed E-state index contributed by atoms with van der Waals surface area (Å²) in [6.45, 7) is 1.07. The Balaban J connectivity index is 3.27. The zero-order chi connectivity index (χ0) is 12.3. The lowest BCUT2D eigenvalue weighted by atomic mass is 10.3. The number of halogens is 1. The van der Waals surface area contributed by atoms with Crippen LogP contribution in [-0.4, -0.2) is 19.5 Å². The van der Waals surface area contributed by atoms with Gasteiger partial charge in [0.1, 0.15) is 0 Å². The second-order valence-corrected chi connectivity index (χ2v) is 5.59. The Bertz CT molecular complexity index is 542. The van der Waals surface area contributed by atoms with Gasteiger partial charge in [0.2, 0.25) is 15.1 Å². The maximum atomic E-state index is 11.8. The quantitative estimate of drug-likeness (QED) is 0.824. The summed E-state index contributed by atoms with van der Waals surface area (Å²) < 4.78 is 23.7. The fourth-order valence-electron chi connectivity index (χ4n) is 1.14. The van der Waals surface area contributed by atoms with Crippen LogP contribution in [0.3, 0.4) is 0 Å². The Hall–Kier alpha value is -1.38. The van der Waals surface area contributed by atoms with Crippen LogP contribution < -0.4 is 0 Å². The number of rotatable bonds is 3. The Labute approximate surface area is 98.4 Å². The van der Waals surface area contributed by atoms with Crippen molar-refractivity contribution in [3.05, 3.63) is 29.3 Å². The molecule has 0 saturated carbocycles. The summed E-state index contributed by atoms with van der Waals surface area (Å²) in [6.07, 6.45) is 0. The van der Waals surface area contributed by atoms with Crippen molar-refractivity contribution in [1.82, 2.24) is 0 Å². The van der Waals surface area contributed by atoms with Crippen LogP contribution in [0.25, 0.3) is 0 Å². The summed E-state index contributed by atoms with van der Waals surface area (Å²) in [7, 11) is -3.94. The Morgan fingerprint density at radius 3 is 2.25 bits per heavy atom. The third kappa shape index (κ3) is 2.40. The van der Waals surface area contributed by atoms with E-state index < -0.39 is 20.9 Å². The molecule has 0 amide bonds. The first-order valence-electron chi connectivity index (χ1n) is 4.29. The fraction of sp³-hybridized carbons (Fsp3) is 0.200. The zero-order valence-electron chi connectivity index (χ0n) is 8.34. The minimum atomic E-state index is -3.94. The number of ketones is 1. The number of nitrogens with zero attached hydrogens (tertiary/aromatic N) is 1. The molecule has 1 aromatic rings. The molecular weight excluding hydrogens is 250 g/mol. The van der Waals surface area contributed by atoms with E-state index in [2.05, 4.69) is 0 Å². The lowest BCUT2D eigenvalue weighted by Crippen LogP contribution is -2.26. The third-order valence-corrected chi connectivity index (χ3v) is 4.18. The SMILES string of the molecule is CC(=O)C(C#N)S(=O)(=O)c1ccc(Cl)cc1. The predicted molar refractivity (Wildman–Crippen MR) is 58.7 cm³/mol. The normalized spacial score (nSPS) is 12.8. The molecule has 0 aromatic heterocycles. The van der Waals surface area contributed by atoms with Crippen molar-refractivity contribution in [2.24, 2.45) is 0 Å².